The average molecular weight is 318 g/mol. The van der Waals surface area contributed by atoms with Crippen LogP contribution in [0, 0.1) is 5.92 Å². The number of nitrogens with two attached hydrogens (primary N) is 1. The van der Waals surface area contributed by atoms with E-state index in [-0.39, 0.29) is 5.95 Å². The maximum Gasteiger partial charge on any atom is 0.249 e. The van der Waals surface area contributed by atoms with Gasteiger partial charge in [-0.3, -0.25) is 0 Å². The molecule has 3 rings (SSSR count). The third kappa shape index (κ3) is 4.53. The quantitative estimate of drug-likeness (QED) is 0.900. The molecule has 0 aromatic carbocycles. The zero-order valence-electron chi connectivity index (χ0n) is 13.6. The van der Waals surface area contributed by atoms with Crippen molar-refractivity contribution >= 4 is 17.1 Å². The van der Waals surface area contributed by atoms with Gasteiger partial charge in [0.2, 0.25) is 11.8 Å². The lowest BCUT2D eigenvalue weighted by atomic mass is 9.96. The van der Waals surface area contributed by atoms with Crippen molar-refractivity contribution in [1.29, 1.82) is 0 Å². The number of nitrogens with one attached hydrogen (secondary N) is 1. The molecule has 0 atom stereocenters. The second kappa shape index (κ2) is 8.08. The smallest absolute Gasteiger partial charge is 0.249 e. The van der Waals surface area contributed by atoms with Crippen molar-refractivity contribution < 1.29 is 4.74 Å². The molecule has 1 fully saturated rings. The van der Waals surface area contributed by atoms with Gasteiger partial charge in [0.15, 0.2) is 11.2 Å². The predicted octanol–water partition coefficient (Wildman–Crippen LogP) is 3.24. The number of anilines is 1. The number of aromatic amines is 1. The Bertz CT molecular complexity index is 602. The molecule has 0 unspecified atom stereocenters. The molecule has 7 nitrogen and oxygen atoms in total. The molecule has 0 saturated heterocycles. The molecule has 3 N–H and O–H groups in total. The molecule has 1 aliphatic carbocycles. The van der Waals surface area contributed by atoms with Crippen LogP contribution in [0.2, 0.25) is 0 Å². The van der Waals surface area contributed by atoms with E-state index in [0.29, 0.717) is 29.6 Å². The van der Waals surface area contributed by atoms with Crippen molar-refractivity contribution in [2.75, 3.05) is 12.3 Å². The van der Waals surface area contributed by atoms with Crippen LogP contribution < -0.4 is 10.5 Å². The second-order valence-corrected chi connectivity index (χ2v) is 6.48. The summed E-state index contributed by atoms with van der Waals surface area (Å²) in [5, 5.41) is 10.4. The standard InChI is InChI=1S/C16H26N6O/c17-16-18-14-13(20-22-21-14)15(19-16)23-11-12-9-7-5-3-1-2-4-6-8-10-12/h12H,1-11H2,(H3,17,18,19,20,21,22). The van der Waals surface area contributed by atoms with E-state index in [1.54, 1.807) is 0 Å². The van der Waals surface area contributed by atoms with Crippen molar-refractivity contribution in [3.63, 3.8) is 0 Å². The van der Waals surface area contributed by atoms with Gasteiger partial charge in [0.1, 0.15) is 0 Å². The Balaban J connectivity index is 1.61. The fourth-order valence-electron chi connectivity index (χ4n) is 3.28. The lowest BCUT2D eigenvalue weighted by Gasteiger charge is -2.17. The molecule has 2 aromatic rings. The van der Waals surface area contributed by atoms with E-state index in [9.17, 15) is 0 Å². The summed E-state index contributed by atoms with van der Waals surface area (Å²) in [5.74, 6) is 1.20. The lowest BCUT2D eigenvalue weighted by Crippen LogP contribution is -2.14. The van der Waals surface area contributed by atoms with E-state index in [2.05, 4.69) is 25.4 Å². The first kappa shape index (κ1) is 16.0. The fraction of sp³-hybridized carbons (Fsp3) is 0.750. The van der Waals surface area contributed by atoms with E-state index in [1.807, 2.05) is 0 Å². The number of nitrogen functional groups attached to an aromatic ring is 1. The van der Waals surface area contributed by atoms with E-state index in [0.717, 1.165) is 0 Å². The zero-order chi connectivity index (χ0) is 15.9. The maximum atomic E-state index is 5.94. The van der Waals surface area contributed by atoms with Gasteiger partial charge in [-0.05, 0) is 18.8 Å². The number of rotatable bonds is 3. The molecule has 0 spiro atoms. The van der Waals surface area contributed by atoms with Gasteiger partial charge < -0.3 is 10.5 Å². The van der Waals surface area contributed by atoms with Crippen LogP contribution in [0.4, 0.5) is 5.95 Å². The SMILES string of the molecule is Nc1nc(OCC2CCCCCCCCCC2)c2nn[nH]c2n1. The van der Waals surface area contributed by atoms with Gasteiger partial charge in [-0.2, -0.15) is 9.97 Å². The van der Waals surface area contributed by atoms with Crippen LogP contribution in [0.25, 0.3) is 11.2 Å². The molecular formula is C16H26N6O. The van der Waals surface area contributed by atoms with Crippen molar-refractivity contribution in [1.82, 2.24) is 25.4 Å². The first-order valence-electron chi connectivity index (χ1n) is 8.80. The van der Waals surface area contributed by atoms with E-state index >= 15 is 0 Å². The maximum absolute atomic E-state index is 5.94. The molecule has 2 heterocycles. The van der Waals surface area contributed by atoms with Crippen molar-refractivity contribution in [3.8, 4) is 5.88 Å². The summed E-state index contributed by atoms with van der Waals surface area (Å²) >= 11 is 0. The molecule has 1 aliphatic rings. The summed E-state index contributed by atoms with van der Waals surface area (Å²) in [5.41, 5.74) is 6.79. The summed E-state index contributed by atoms with van der Waals surface area (Å²) in [4.78, 5) is 8.23. The molecule has 1 saturated carbocycles. The highest BCUT2D eigenvalue weighted by atomic mass is 16.5. The van der Waals surface area contributed by atoms with Gasteiger partial charge in [-0.1, -0.05) is 56.6 Å². The van der Waals surface area contributed by atoms with E-state index in [4.69, 9.17) is 10.5 Å². The van der Waals surface area contributed by atoms with Crippen LogP contribution in [0.3, 0.4) is 0 Å². The Kier molecular flexibility index (Phi) is 5.60. The highest BCUT2D eigenvalue weighted by Gasteiger charge is 2.15. The second-order valence-electron chi connectivity index (χ2n) is 6.48. The minimum atomic E-state index is 0.181. The molecule has 2 aromatic heterocycles. The van der Waals surface area contributed by atoms with Gasteiger partial charge in [0, 0.05) is 0 Å². The van der Waals surface area contributed by atoms with Gasteiger partial charge in [-0.25, -0.2) is 5.10 Å². The Morgan fingerprint density at radius 1 is 0.957 bits per heavy atom. The molecular weight excluding hydrogens is 292 g/mol. The normalized spacial score (nSPS) is 18.6. The zero-order valence-corrected chi connectivity index (χ0v) is 13.6. The molecule has 0 amide bonds. The monoisotopic (exact) mass is 318 g/mol. The highest BCUT2D eigenvalue weighted by molar-refractivity contribution is 5.75. The van der Waals surface area contributed by atoms with E-state index < -0.39 is 0 Å². The largest absolute Gasteiger partial charge is 0.476 e. The number of hydrogen-bond donors (Lipinski definition) is 2. The van der Waals surface area contributed by atoms with Crippen molar-refractivity contribution in [2.45, 2.75) is 64.2 Å². The topological polar surface area (TPSA) is 103 Å². The summed E-state index contributed by atoms with van der Waals surface area (Å²) in [7, 11) is 0. The Hall–Kier alpha value is -1.92. The minimum absolute atomic E-state index is 0.181. The highest BCUT2D eigenvalue weighted by Crippen LogP contribution is 2.24. The molecule has 0 radical (unpaired) electrons. The average Bonchev–Trinajstić information content (AvgIpc) is 2.98. The number of nitrogens with zero attached hydrogens (tertiary/aromatic N) is 4. The predicted molar refractivity (Wildman–Crippen MR) is 89.0 cm³/mol. The third-order valence-corrected chi connectivity index (χ3v) is 4.61. The molecule has 7 heteroatoms. The van der Waals surface area contributed by atoms with Crippen LogP contribution in [-0.2, 0) is 0 Å². The molecule has 126 valence electrons. The van der Waals surface area contributed by atoms with Crippen LogP contribution in [0.5, 0.6) is 5.88 Å². The third-order valence-electron chi connectivity index (χ3n) is 4.61. The number of aromatic nitrogens is 5. The Labute approximate surface area is 136 Å². The molecule has 0 aliphatic heterocycles. The summed E-state index contributed by atoms with van der Waals surface area (Å²) < 4.78 is 5.94. The first-order valence-corrected chi connectivity index (χ1v) is 8.80. The summed E-state index contributed by atoms with van der Waals surface area (Å²) in [6.45, 7) is 0.665. The van der Waals surface area contributed by atoms with Crippen LogP contribution in [-0.4, -0.2) is 32.0 Å². The van der Waals surface area contributed by atoms with Gasteiger partial charge in [-0.15, -0.1) is 5.10 Å². The van der Waals surface area contributed by atoms with Crippen LogP contribution in [0.15, 0.2) is 0 Å². The lowest BCUT2D eigenvalue weighted by molar-refractivity contribution is 0.220. The van der Waals surface area contributed by atoms with Gasteiger partial charge >= 0.3 is 0 Å². The number of ether oxygens (including phenoxy) is 1. The fourth-order valence-corrected chi connectivity index (χ4v) is 3.28. The first-order chi connectivity index (χ1) is 11.3. The van der Waals surface area contributed by atoms with Gasteiger partial charge in [0.25, 0.3) is 0 Å². The van der Waals surface area contributed by atoms with E-state index in [1.165, 1.54) is 64.2 Å². The Morgan fingerprint density at radius 3 is 2.30 bits per heavy atom. The molecule has 0 bridgehead atoms. The number of hydrogen-bond acceptors (Lipinski definition) is 6. The number of fused-ring (bicyclic) bond motifs is 1. The van der Waals surface area contributed by atoms with Crippen molar-refractivity contribution in [2.24, 2.45) is 5.92 Å². The summed E-state index contributed by atoms with van der Waals surface area (Å²) in [6.07, 6.45) is 13.2. The summed E-state index contributed by atoms with van der Waals surface area (Å²) in [6, 6.07) is 0. The Morgan fingerprint density at radius 2 is 1.61 bits per heavy atom. The molecule has 23 heavy (non-hydrogen) atoms. The van der Waals surface area contributed by atoms with Gasteiger partial charge in [0.05, 0.1) is 6.61 Å². The number of H-pyrrole nitrogens is 1. The van der Waals surface area contributed by atoms with Crippen LogP contribution in [0.1, 0.15) is 64.2 Å². The van der Waals surface area contributed by atoms with Crippen LogP contribution >= 0.6 is 0 Å². The van der Waals surface area contributed by atoms with Crippen molar-refractivity contribution in [3.05, 3.63) is 0 Å². The minimum Gasteiger partial charge on any atom is -0.476 e.